The third-order valence-corrected chi connectivity index (χ3v) is 4.53. The highest BCUT2D eigenvalue weighted by molar-refractivity contribution is 7.08. The van der Waals surface area contributed by atoms with Gasteiger partial charge in [-0.15, -0.1) is 0 Å². The van der Waals surface area contributed by atoms with E-state index in [1.807, 2.05) is 5.38 Å². The first-order chi connectivity index (χ1) is 11.6. The molecule has 0 N–H and O–H groups in total. The second-order valence-corrected chi connectivity index (χ2v) is 6.21. The summed E-state index contributed by atoms with van der Waals surface area (Å²) in [4.78, 5) is 31.4. The number of thiophene rings is 1. The number of nitrogens with zero attached hydrogens (tertiary/aromatic N) is 3. The molecular weight excluding hydrogens is 336 g/mol. The van der Waals surface area contributed by atoms with Crippen LogP contribution in [0.25, 0.3) is 0 Å². The molecule has 126 valence electrons. The molecule has 0 atom stereocenters. The van der Waals surface area contributed by atoms with Crippen molar-refractivity contribution in [2.75, 3.05) is 26.2 Å². The Kier molecular flexibility index (Phi) is 4.84. The maximum absolute atomic E-state index is 13.7. The Morgan fingerprint density at radius 2 is 1.79 bits per heavy atom. The smallest absolute Gasteiger partial charge is 0.275 e. The third kappa shape index (κ3) is 3.43. The van der Waals surface area contributed by atoms with Crippen LogP contribution in [0.5, 0.6) is 0 Å². The molecule has 2 aromatic heterocycles. The predicted molar refractivity (Wildman–Crippen MR) is 84.9 cm³/mol. The summed E-state index contributed by atoms with van der Waals surface area (Å²) in [5.74, 6) is -2.46. The molecule has 0 radical (unpaired) electrons. The highest BCUT2D eigenvalue weighted by Crippen LogP contribution is 2.14. The lowest BCUT2D eigenvalue weighted by Gasteiger charge is -2.21. The molecule has 3 rings (SSSR count). The van der Waals surface area contributed by atoms with Gasteiger partial charge in [-0.05, 0) is 17.9 Å². The second kappa shape index (κ2) is 7.04. The average Bonchev–Trinajstić information content (AvgIpc) is 2.98. The quantitative estimate of drug-likeness (QED) is 0.835. The van der Waals surface area contributed by atoms with Crippen molar-refractivity contribution in [2.45, 2.75) is 6.42 Å². The van der Waals surface area contributed by atoms with Gasteiger partial charge in [-0.1, -0.05) is 0 Å². The molecule has 1 saturated heterocycles. The normalized spacial score (nSPS) is 15.2. The first kappa shape index (κ1) is 16.5. The van der Waals surface area contributed by atoms with Crippen molar-refractivity contribution in [2.24, 2.45) is 0 Å². The highest BCUT2D eigenvalue weighted by atomic mass is 32.1. The van der Waals surface area contributed by atoms with Gasteiger partial charge in [-0.3, -0.25) is 9.59 Å². The monoisotopic (exact) mass is 351 g/mol. The van der Waals surface area contributed by atoms with Crippen LogP contribution < -0.4 is 0 Å². The molecule has 5 nitrogen and oxygen atoms in total. The second-order valence-electron chi connectivity index (χ2n) is 5.43. The summed E-state index contributed by atoms with van der Waals surface area (Å²) in [6.45, 7) is 1.57. The molecule has 2 amide bonds. The third-order valence-electron chi connectivity index (χ3n) is 3.85. The zero-order valence-electron chi connectivity index (χ0n) is 12.7. The van der Waals surface area contributed by atoms with Gasteiger partial charge in [0.25, 0.3) is 11.8 Å². The van der Waals surface area contributed by atoms with Crippen LogP contribution in [0.15, 0.2) is 29.1 Å². The summed E-state index contributed by atoms with van der Waals surface area (Å²) in [7, 11) is 0. The summed E-state index contributed by atoms with van der Waals surface area (Å²) >= 11 is 1.45. The van der Waals surface area contributed by atoms with Crippen molar-refractivity contribution in [3.8, 4) is 0 Å². The van der Waals surface area contributed by atoms with Gasteiger partial charge < -0.3 is 9.80 Å². The van der Waals surface area contributed by atoms with E-state index in [-0.39, 0.29) is 12.5 Å². The largest absolute Gasteiger partial charge is 0.337 e. The number of hydrogen-bond acceptors (Lipinski definition) is 4. The Hall–Kier alpha value is -2.35. The van der Waals surface area contributed by atoms with E-state index in [0.717, 1.165) is 6.20 Å². The van der Waals surface area contributed by atoms with E-state index in [9.17, 15) is 18.4 Å². The van der Waals surface area contributed by atoms with Gasteiger partial charge in [0.15, 0.2) is 11.5 Å². The molecule has 0 bridgehead atoms. The van der Waals surface area contributed by atoms with Gasteiger partial charge in [-0.2, -0.15) is 11.3 Å². The van der Waals surface area contributed by atoms with E-state index in [2.05, 4.69) is 4.98 Å². The SMILES string of the molecule is O=C(c1ccsc1)N1CCCN(C(=O)c2ncc(F)cc2F)CC1. The van der Waals surface area contributed by atoms with Crippen LogP contribution in [-0.4, -0.2) is 52.8 Å². The maximum Gasteiger partial charge on any atom is 0.275 e. The molecule has 1 aliphatic heterocycles. The standard InChI is InChI=1S/C16H15F2N3O2S/c17-12-8-13(18)14(19-9-12)16(23)21-4-1-3-20(5-6-21)15(22)11-2-7-24-10-11/h2,7-10H,1,3-6H2. The number of amides is 2. The topological polar surface area (TPSA) is 53.5 Å². The van der Waals surface area contributed by atoms with Crippen molar-refractivity contribution in [3.63, 3.8) is 0 Å². The van der Waals surface area contributed by atoms with Crippen LogP contribution in [0.3, 0.4) is 0 Å². The fourth-order valence-electron chi connectivity index (χ4n) is 2.61. The molecule has 0 unspecified atom stereocenters. The fraction of sp³-hybridized carbons (Fsp3) is 0.312. The van der Waals surface area contributed by atoms with Crippen molar-refractivity contribution < 1.29 is 18.4 Å². The first-order valence-electron chi connectivity index (χ1n) is 7.48. The minimum absolute atomic E-state index is 0.0726. The van der Waals surface area contributed by atoms with Crippen LogP contribution in [0.1, 0.15) is 27.3 Å². The Bertz CT molecular complexity index is 752. The zero-order valence-corrected chi connectivity index (χ0v) is 13.6. The fourth-order valence-corrected chi connectivity index (χ4v) is 3.24. The molecule has 24 heavy (non-hydrogen) atoms. The van der Waals surface area contributed by atoms with Gasteiger partial charge in [0, 0.05) is 37.6 Å². The van der Waals surface area contributed by atoms with Crippen molar-refractivity contribution in [3.05, 3.63) is 52.0 Å². The minimum Gasteiger partial charge on any atom is -0.337 e. The van der Waals surface area contributed by atoms with E-state index in [1.165, 1.54) is 16.2 Å². The van der Waals surface area contributed by atoms with E-state index in [4.69, 9.17) is 0 Å². The lowest BCUT2D eigenvalue weighted by atomic mass is 10.2. The molecule has 0 aromatic carbocycles. The lowest BCUT2D eigenvalue weighted by molar-refractivity contribution is 0.0712. The molecule has 8 heteroatoms. The predicted octanol–water partition coefficient (Wildman–Crippen LogP) is 2.41. The number of pyridine rings is 1. The van der Waals surface area contributed by atoms with Gasteiger partial charge in [0.05, 0.1) is 11.8 Å². The molecule has 0 saturated carbocycles. The maximum atomic E-state index is 13.7. The number of rotatable bonds is 2. The molecule has 2 aromatic rings. The number of carbonyl (C=O) groups excluding carboxylic acids is 2. The van der Waals surface area contributed by atoms with E-state index < -0.39 is 23.2 Å². The first-order valence-corrected chi connectivity index (χ1v) is 8.42. The van der Waals surface area contributed by atoms with Crippen LogP contribution >= 0.6 is 11.3 Å². The number of aromatic nitrogens is 1. The molecule has 0 spiro atoms. The summed E-state index contributed by atoms with van der Waals surface area (Å²) in [5, 5.41) is 3.62. The van der Waals surface area contributed by atoms with Crippen LogP contribution in [0.2, 0.25) is 0 Å². The van der Waals surface area contributed by atoms with Gasteiger partial charge >= 0.3 is 0 Å². The lowest BCUT2D eigenvalue weighted by Crippen LogP contribution is -2.37. The average molecular weight is 351 g/mol. The van der Waals surface area contributed by atoms with Crippen molar-refractivity contribution in [1.82, 2.24) is 14.8 Å². The minimum atomic E-state index is -0.976. The zero-order chi connectivity index (χ0) is 17.1. The molecule has 1 fully saturated rings. The van der Waals surface area contributed by atoms with E-state index >= 15 is 0 Å². The summed E-state index contributed by atoms with van der Waals surface area (Å²) in [5.41, 5.74) is 0.236. The molecular formula is C16H15F2N3O2S. The van der Waals surface area contributed by atoms with Crippen LogP contribution in [0.4, 0.5) is 8.78 Å². The Morgan fingerprint density at radius 1 is 1.08 bits per heavy atom. The van der Waals surface area contributed by atoms with Gasteiger partial charge in [-0.25, -0.2) is 13.8 Å². The van der Waals surface area contributed by atoms with Crippen LogP contribution in [-0.2, 0) is 0 Å². The summed E-state index contributed by atoms with van der Waals surface area (Å²) in [6.07, 6.45) is 1.41. The molecule has 3 heterocycles. The van der Waals surface area contributed by atoms with Crippen molar-refractivity contribution >= 4 is 23.2 Å². The Labute approximate surface area is 141 Å². The summed E-state index contributed by atoms with van der Waals surface area (Å²) < 4.78 is 26.7. The molecule has 0 aliphatic carbocycles. The molecule has 1 aliphatic rings. The van der Waals surface area contributed by atoms with Crippen molar-refractivity contribution in [1.29, 1.82) is 0 Å². The highest BCUT2D eigenvalue weighted by Gasteiger charge is 2.26. The Balaban J connectivity index is 1.69. The number of carbonyl (C=O) groups is 2. The number of hydrogen-bond donors (Lipinski definition) is 0. The van der Waals surface area contributed by atoms with Crippen LogP contribution in [0, 0.1) is 11.6 Å². The summed E-state index contributed by atoms with van der Waals surface area (Å²) in [6, 6.07) is 2.41. The van der Waals surface area contributed by atoms with E-state index in [1.54, 1.807) is 16.3 Å². The Morgan fingerprint density at radius 3 is 2.42 bits per heavy atom. The van der Waals surface area contributed by atoms with Gasteiger partial charge in [0.1, 0.15) is 5.82 Å². The number of halogens is 2. The van der Waals surface area contributed by atoms with E-state index in [0.29, 0.717) is 37.7 Å². The van der Waals surface area contributed by atoms with Gasteiger partial charge in [0.2, 0.25) is 0 Å².